The third-order valence-electron chi connectivity index (χ3n) is 2.69. The number of hydrogen-bond donors (Lipinski definition) is 0. The third-order valence-corrected chi connectivity index (χ3v) is 3.72. The molecular weight excluding hydrogens is 277 g/mol. The van der Waals surface area contributed by atoms with E-state index in [2.05, 4.69) is 13.8 Å². The van der Waals surface area contributed by atoms with Gasteiger partial charge in [-0.25, -0.2) is 4.39 Å². The molecular formula is C15H22FNO2S. The number of carbonyl (C=O) groups is 1. The molecule has 0 bridgehead atoms. The maximum Gasteiger partial charge on any atom is 0.233 e. The second kappa shape index (κ2) is 8.97. The van der Waals surface area contributed by atoms with E-state index in [0.717, 1.165) is 0 Å². The van der Waals surface area contributed by atoms with Crippen LogP contribution in [0.15, 0.2) is 29.2 Å². The summed E-state index contributed by atoms with van der Waals surface area (Å²) in [5.74, 6) is 0.382. The molecule has 1 rings (SSSR count). The number of ether oxygens (including phenoxy) is 1. The molecule has 0 atom stereocenters. The van der Waals surface area contributed by atoms with Crippen LogP contribution in [0.3, 0.4) is 0 Å². The molecule has 1 aromatic carbocycles. The molecule has 1 amide bonds. The van der Waals surface area contributed by atoms with E-state index in [9.17, 15) is 9.18 Å². The molecule has 3 nitrogen and oxygen atoms in total. The summed E-state index contributed by atoms with van der Waals surface area (Å²) in [6, 6.07) is 6.51. The van der Waals surface area contributed by atoms with E-state index >= 15 is 0 Å². The summed E-state index contributed by atoms with van der Waals surface area (Å²) in [4.78, 5) is 14.5. The van der Waals surface area contributed by atoms with Gasteiger partial charge >= 0.3 is 0 Å². The van der Waals surface area contributed by atoms with E-state index in [-0.39, 0.29) is 17.5 Å². The maximum absolute atomic E-state index is 13.5. The van der Waals surface area contributed by atoms with Crippen LogP contribution in [0.4, 0.5) is 4.39 Å². The molecule has 0 saturated carbocycles. The highest BCUT2D eigenvalue weighted by atomic mass is 32.2. The van der Waals surface area contributed by atoms with Crippen LogP contribution >= 0.6 is 11.8 Å². The van der Waals surface area contributed by atoms with Gasteiger partial charge in [0.25, 0.3) is 0 Å². The van der Waals surface area contributed by atoms with Gasteiger partial charge in [-0.2, -0.15) is 0 Å². The summed E-state index contributed by atoms with van der Waals surface area (Å²) in [5, 5.41) is 0. The molecule has 0 heterocycles. The Morgan fingerprint density at radius 1 is 1.40 bits per heavy atom. The van der Waals surface area contributed by atoms with Crippen molar-refractivity contribution >= 4 is 17.7 Å². The maximum atomic E-state index is 13.5. The predicted octanol–water partition coefficient (Wildman–Crippen LogP) is 3.05. The molecule has 0 aliphatic heterocycles. The van der Waals surface area contributed by atoms with Gasteiger partial charge < -0.3 is 9.64 Å². The summed E-state index contributed by atoms with van der Waals surface area (Å²) >= 11 is 1.24. The standard InChI is InChI=1S/C15H22FNO2S/c1-12(2)10-17(8-9-19-3)15(18)11-20-14-7-5-4-6-13(14)16/h4-7,12H,8-11H2,1-3H3. The van der Waals surface area contributed by atoms with Gasteiger partial charge in [0, 0.05) is 25.1 Å². The average molecular weight is 299 g/mol. The number of nitrogens with zero attached hydrogens (tertiary/aromatic N) is 1. The Morgan fingerprint density at radius 3 is 2.70 bits per heavy atom. The van der Waals surface area contributed by atoms with Crippen molar-refractivity contribution < 1.29 is 13.9 Å². The summed E-state index contributed by atoms with van der Waals surface area (Å²) < 4.78 is 18.5. The van der Waals surface area contributed by atoms with Crippen LogP contribution in [0.25, 0.3) is 0 Å². The fourth-order valence-corrected chi connectivity index (χ4v) is 2.59. The molecule has 5 heteroatoms. The lowest BCUT2D eigenvalue weighted by molar-refractivity contribution is -0.129. The minimum absolute atomic E-state index is 0.0176. The smallest absolute Gasteiger partial charge is 0.233 e. The summed E-state index contributed by atoms with van der Waals surface area (Å²) in [7, 11) is 1.62. The Hall–Kier alpha value is -1.07. The van der Waals surface area contributed by atoms with Gasteiger partial charge in [0.2, 0.25) is 5.91 Å². The van der Waals surface area contributed by atoms with Crippen molar-refractivity contribution in [2.75, 3.05) is 32.6 Å². The van der Waals surface area contributed by atoms with E-state index < -0.39 is 0 Å². The van der Waals surface area contributed by atoms with Crippen LogP contribution in [0.1, 0.15) is 13.8 Å². The molecule has 112 valence electrons. The van der Waals surface area contributed by atoms with Crippen LogP contribution in [0, 0.1) is 11.7 Å². The predicted molar refractivity (Wildman–Crippen MR) is 80.4 cm³/mol. The largest absolute Gasteiger partial charge is 0.383 e. The second-order valence-electron chi connectivity index (χ2n) is 4.95. The molecule has 0 unspecified atom stereocenters. The lowest BCUT2D eigenvalue weighted by atomic mass is 10.2. The SMILES string of the molecule is COCCN(CC(C)C)C(=O)CSc1ccccc1F. The molecule has 0 N–H and O–H groups in total. The van der Waals surface area contributed by atoms with E-state index in [1.165, 1.54) is 17.8 Å². The number of benzene rings is 1. The van der Waals surface area contributed by atoms with Crippen LogP contribution in [-0.2, 0) is 9.53 Å². The fourth-order valence-electron chi connectivity index (χ4n) is 1.75. The lowest BCUT2D eigenvalue weighted by Crippen LogP contribution is -2.37. The van der Waals surface area contributed by atoms with Crippen LogP contribution in [0.2, 0.25) is 0 Å². The second-order valence-corrected chi connectivity index (χ2v) is 5.96. The van der Waals surface area contributed by atoms with E-state index in [0.29, 0.717) is 30.5 Å². The number of carbonyl (C=O) groups excluding carboxylic acids is 1. The third kappa shape index (κ3) is 5.92. The van der Waals surface area contributed by atoms with Crippen molar-refractivity contribution in [1.82, 2.24) is 4.90 Å². The van der Waals surface area contributed by atoms with E-state index in [4.69, 9.17) is 4.74 Å². The van der Waals surface area contributed by atoms with E-state index in [1.54, 1.807) is 30.2 Å². The summed E-state index contributed by atoms with van der Waals surface area (Å²) in [6.45, 7) is 5.92. The Morgan fingerprint density at radius 2 is 2.10 bits per heavy atom. The molecule has 0 aromatic heterocycles. The van der Waals surface area contributed by atoms with Gasteiger partial charge in [0.1, 0.15) is 5.82 Å². The van der Waals surface area contributed by atoms with Crippen LogP contribution in [0.5, 0.6) is 0 Å². The first-order valence-corrected chi connectivity index (χ1v) is 7.67. The Bertz CT molecular complexity index is 426. The topological polar surface area (TPSA) is 29.5 Å². The Labute approximate surface area is 124 Å². The van der Waals surface area contributed by atoms with Crippen molar-refractivity contribution in [3.05, 3.63) is 30.1 Å². The first-order chi connectivity index (χ1) is 9.54. The summed E-state index contributed by atoms with van der Waals surface area (Å²) in [6.07, 6.45) is 0. The van der Waals surface area contributed by atoms with Gasteiger partial charge in [-0.1, -0.05) is 26.0 Å². The summed E-state index contributed by atoms with van der Waals surface area (Å²) in [5.41, 5.74) is 0. The van der Waals surface area contributed by atoms with Crippen molar-refractivity contribution in [2.45, 2.75) is 18.7 Å². The number of thioether (sulfide) groups is 1. The van der Waals surface area contributed by atoms with Crippen molar-refractivity contribution in [3.63, 3.8) is 0 Å². The Kier molecular flexibility index (Phi) is 7.62. The Balaban J connectivity index is 2.54. The van der Waals surface area contributed by atoms with Gasteiger partial charge in [-0.3, -0.25) is 4.79 Å². The van der Waals surface area contributed by atoms with Crippen molar-refractivity contribution in [3.8, 4) is 0 Å². The highest BCUT2D eigenvalue weighted by molar-refractivity contribution is 8.00. The van der Waals surface area contributed by atoms with Crippen molar-refractivity contribution in [1.29, 1.82) is 0 Å². The monoisotopic (exact) mass is 299 g/mol. The number of methoxy groups -OCH3 is 1. The van der Waals surface area contributed by atoms with Gasteiger partial charge in [0.05, 0.1) is 12.4 Å². The highest BCUT2D eigenvalue weighted by Gasteiger charge is 2.15. The van der Waals surface area contributed by atoms with Crippen LogP contribution in [-0.4, -0.2) is 43.4 Å². The van der Waals surface area contributed by atoms with Crippen molar-refractivity contribution in [2.24, 2.45) is 5.92 Å². The number of rotatable bonds is 8. The number of halogens is 1. The number of hydrogen-bond acceptors (Lipinski definition) is 3. The van der Waals surface area contributed by atoms with E-state index in [1.807, 2.05) is 0 Å². The fraction of sp³-hybridized carbons (Fsp3) is 0.533. The quantitative estimate of drug-likeness (QED) is 0.691. The van der Waals surface area contributed by atoms with Gasteiger partial charge in [-0.05, 0) is 18.1 Å². The molecule has 0 saturated heterocycles. The zero-order valence-corrected chi connectivity index (χ0v) is 13.1. The minimum Gasteiger partial charge on any atom is -0.383 e. The lowest BCUT2D eigenvalue weighted by Gasteiger charge is -2.24. The molecule has 0 fully saturated rings. The zero-order valence-electron chi connectivity index (χ0n) is 12.3. The first-order valence-electron chi connectivity index (χ1n) is 6.68. The van der Waals surface area contributed by atoms with Gasteiger partial charge in [0.15, 0.2) is 0 Å². The zero-order chi connectivity index (χ0) is 15.0. The van der Waals surface area contributed by atoms with Crippen LogP contribution < -0.4 is 0 Å². The average Bonchev–Trinajstić information content (AvgIpc) is 2.41. The van der Waals surface area contributed by atoms with Gasteiger partial charge in [-0.15, -0.1) is 11.8 Å². The normalized spacial score (nSPS) is 10.8. The molecule has 0 radical (unpaired) electrons. The molecule has 0 aliphatic rings. The molecule has 1 aromatic rings. The molecule has 0 aliphatic carbocycles. The number of amides is 1. The molecule has 20 heavy (non-hydrogen) atoms. The highest BCUT2D eigenvalue weighted by Crippen LogP contribution is 2.21. The molecule has 0 spiro atoms. The minimum atomic E-state index is -0.280. The first kappa shape index (κ1) is 17.0.